The van der Waals surface area contributed by atoms with Gasteiger partial charge in [-0.1, -0.05) is 24.3 Å². The molecule has 1 atom stereocenters. The Kier molecular flexibility index (Phi) is 5.88. The summed E-state index contributed by atoms with van der Waals surface area (Å²) in [6.45, 7) is 1.66. The largest absolute Gasteiger partial charge is 0.496 e. The van der Waals surface area contributed by atoms with Crippen molar-refractivity contribution in [3.05, 3.63) is 83.9 Å². The third-order valence-electron chi connectivity index (χ3n) is 5.58. The Morgan fingerprint density at radius 1 is 1.00 bits per heavy atom. The van der Waals surface area contributed by atoms with Crippen molar-refractivity contribution in [3.63, 3.8) is 0 Å². The summed E-state index contributed by atoms with van der Waals surface area (Å²) in [5.74, 6) is 0.500. The zero-order valence-electron chi connectivity index (χ0n) is 16.5. The number of halogens is 1. The zero-order valence-corrected chi connectivity index (χ0v) is 16.5. The van der Waals surface area contributed by atoms with Crippen LogP contribution >= 0.6 is 0 Å². The lowest BCUT2D eigenvalue weighted by molar-refractivity contribution is 0.0687. The van der Waals surface area contributed by atoms with Gasteiger partial charge in [-0.05, 0) is 59.9 Å². The highest BCUT2D eigenvalue weighted by Crippen LogP contribution is 2.37. The molecule has 0 bridgehead atoms. The van der Waals surface area contributed by atoms with Crippen molar-refractivity contribution in [3.8, 4) is 16.9 Å². The van der Waals surface area contributed by atoms with Gasteiger partial charge in [0.15, 0.2) is 0 Å². The predicted octanol–water partition coefficient (Wildman–Crippen LogP) is 4.44. The number of hydrogen-bond donors (Lipinski definition) is 1. The first kappa shape index (κ1) is 19.6. The number of hydrogen-bond acceptors (Lipinski definition) is 4. The first-order valence-electron chi connectivity index (χ1n) is 9.91. The SMILES string of the molecule is COc1cc([C@@H](c2ccncc2)N2CCC(O)CC2)ccc1-c1ccc(F)cc1. The predicted molar refractivity (Wildman–Crippen MR) is 111 cm³/mol. The molecule has 4 nitrogen and oxygen atoms in total. The van der Waals surface area contributed by atoms with E-state index in [1.807, 2.05) is 30.6 Å². The number of rotatable bonds is 5. The summed E-state index contributed by atoms with van der Waals surface area (Å²) in [6.07, 6.45) is 4.94. The van der Waals surface area contributed by atoms with Crippen LogP contribution in [-0.4, -0.2) is 41.3 Å². The van der Waals surface area contributed by atoms with Gasteiger partial charge in [-0.15, -0.1) is 0 Å². The van der Waals surface area contributed by atoms with E-state index in [2.05, 4.69) is 22.0 Å². The number of methoxy groups -OCH3 is 1. The van der Waals surface area contributed by atoms with E-state index < -0.39 is 0 Å². The van der Waals surface area contributed by atoms with Crippen molar-refractivity contribution in [2.75, 3.05) is 20.2 Å². The Balaban J connectivity index is 1.73. The summed E-state index contributed by atoms with van der Waals surface area (Å²) < 4.78 is 19.0. The lowest BCUT2D eigenvalue weighted by Crippen LogP contribution is -2.39. The molecule has 0 saturated carbocycles. The highest BCUT2D eigenvalue weighted by atomic mass is 19.1. The fourth-order valence-corrected chi connectivity index (χ4v) is 4.05. The summed E-state index contributed by atoms with van der Waals surface area (Å²) in [4.78, 5) is 6.56. The van der Waals surface area contributed by atoms with E-state index in [-0.39, 0.29) is 18.0 Å². The molecule has 0 amide bonds. The fourth-order valence-electron chi connectivity index (χ4n) is 4.05. The van der Waals surface area contributed by atoms with Gasteiger partial charge in [0.25, 0.3) is 0 Å². The number of aliphatic hydroxyl groups is 1. The van der Waals surface area contributed by atoms with Gasteiger partial charge >= 0.3 is 0 Å². The maximum atomic E-state index is 13.3. The minimum atomic E-state index is -0.255. The molecular formula is C24H25FN2O2. The second-order valence-electron chi connectivity index (χ2n) is 7.42. The number of ether oxygens (including phenoxy) is 1. The molecule has 1 aliphatic heterocycles. The molecule has 2 aromatic carbocycles. The number of benzene rings is 2. The highest BCUT2D eigenvalue weighted by molar-refractivity contribution is 5.71. The Morgan fingerprint density at radius 3 is 2.34 bits per heavy atom. The molecule has 1 fully saturated rings. The molecule has 29 heavy (non-hydrogen) atoms. The average molecular weight is 392 g/mol. The first-order valence-corrected chi connectivity index (χ1v) is 9.91. The average Bonchev–Trinajstić information content (AvgIpc) is 2.76. The molecule has 1 N–H and O–H groups in total. The summed E-state index contributed by atoms with van der Waals surface area (Å²) >= 11 is 0. The van der Waals surface area contributed by atoms with Gasteiger partial charge in [0, 0.05) is 31.0 Å². The molecule has 1 saturated heterocycles. The molecule has 1 aromatic heterocycles. The lowest BCUT2D eigenvalue weighted by Gasteiger charge is -2.37. The summed E-state index contributed by atoms with van der Waals surface area (Å²) in [5.41, 5.74) is 4.12. The molecule has 150 valence electrons. The normalized spacial score (nSPS) is 16.5. The fraction of sp³-hybridized carbons (Fsp3) is 0.292. The van der Waals surface area contributed by atoms with Crippen LogP contribution in [-0.2, 0) is 0 Å². The van der Waals surface area contributed by atoms with Gasteiger partial charge in [-0.25, -0.2) is 4.39 Å². The zero-order chi connectivity index (χ0) is 20.2. The van der Waals surface area contributed by atoms with Crippen molar-refractivity contribution < 1.29 is 14.2 Å². The van der Waals surface area contributed by atoms with E-state index >= 15 is 0 Å². The molecule has 2 heterocycles. The lowest BCUT2D eigenvalue weighted by atomic mass is 9.93. The molecule has 0 spiro atoms. The number of nitrogens with zero attached hydrogens (tertiary/aromatic N) is 2. The third kappa shape index (κ3) is 4.31. The second-order valence-corrected chi connectivity index (χ2v) is 7.42. The molecule has 4 rings (SSSR count). The molecule has 0 radical (unpaired) electrons. The van der Waals surface area contributed by atoms with Crippen molar-refractivity contribution in [1.29, 1.82) is 0 Å². The van der Waals surface area contributed by atoms with Crippen LogP contribution in [0.5, 0.6) is 5.75 Å². The molecular weight excluding hydrogens is 367 g/mol. The first-order chi connectivity index (χ1) is 14.2. The van der Waals surface area contributed by atoms with Gasteiger partial charge in [-0.2, -0.15) is 0 Å². The van der Waals surface area contributed by atoms with E-state index in [4.69, 9.17) is 4.74 Å². The Morgan fingerprint density at radius 2 is 1.69 bits per heavy atom. The van der Waals surface area contributed by atoms with Crippen LogP contribution in [0, 0.1) is 5.82 Å². The van der Waals surface area contributed by atoms with Crippen LogP contribution < -0.4 is 4.74 Å². The number of aromatic nitrogens is 1. The van der Waals surface area contributed by atoms with Crippen LogP contribution in [0.15, 0.2) is 67.0 Å². The van der Waals surface area contributed by atoms with E-state index in [1.165, 1.54) is 12.1 Å². The van der Waals surface area contributed by atoms with Gasteiger partial charge in [-0.3, -0.25) is 9.88 Å². The number of pyridine rings is 1. The highest BCUT2D eigenvalue weighted by Gasteiger charge is 2.27. The number of piperidine rings is 1. The number of aliphatic hydroxyl groups excluding tert-OH is 1. The van der Waals surface area contributed by atoms with Crippen molar-refractivity contribution in [1.82, 2.24) is 9.88 Å². The van der Waals surface area contributed by atoms with E-state index in [9.17, 15) is 9.50 Å². The maximum Gasteiger partial charge on any atom is 0.127 e. The van der Waals surface area contributed by atoms with Crippen molar-refractivity contribution >= 4 is 0 Å². The summed E-state index contributed by atoms with van der Waals surface area (Å²) in [6, 6.07) is 16.8. The van der Waals surface area contributed by atoms with Crippen LogP contribution in [0.2, 0.25) is 0 Å². The van der Waals surface area contributed by atoms with Crippen LogP contribution in [0.1, 0.15) is 30.0 Å². The molecule has 1 aliphatic rings. The summed E-state index contributed by atoms with van der Waals surface area (Å²) in [7, 11) is 1.66. The Labute approximate surface area is 170 Å². The quantitative estimate of drug-likeness (QED) is 0.697. The third-order valence-corrected chi connectivity index (χ3v) is 5.58. The van der Waals surface area contributed by atoms with Crippen molar-refractivity contribution in [2.45, 2.75) is 25.0 Å². The topological polar surface area (TPSA) is 45.6 Å². The molecule has 0 aliphatic carbocycles. The maximum absolute atomic E-state index is 13.3. The van der Waals surface area contributed by atoms with Gasteiger partial charge in [0.2, 0.25) is 0 Å². The smallest absolute Gasteiger partial charge is 0.127 e. The minimum Gasteiger partial charge on any atom is -0.496 e. The van der Waals surface area contributed by atoms with Gasteiger partial charge in [0.1, 0.15) is 11.6 Å². The van der Waals surface area contributed by atoms with Gasteiger partial charge in [0.05, 0.1) is 19.3 Å². The van der Waals surface area contributed by atoms with E-state index in [0.29, 0.717) is 0 Å². The van der Waals surface area contributed by atoms with Gasteiger partial charge < -0.3 is 9.84 Å². The van der Waals surface area contributed by atoms with Crippen LogP contribution in [0.25, 0.3) is 11.1 Å². The Hall–Kier alpha value is -2.76. The Bertz CT molecular complexity index is 939. The molecule has 5 heteroatoms. The second kappa shape index (κ2) is 8.72. The van der Waals surface area contributed by atoms with E-state index in [1.54, 1.807) is 19.2 Å². The van der Waals surface area contributed by atoms with Crippen LogP contribution in [0.3, 0.4) is 0 Å². The van der Waals surface area contributed by atoms with Crippen molar-refractivity contribution in [2.24, 2.45) is 0 Å². The number of likely N-dealkylation sites (tertiary alicyclic amines) is 1. The molecule has 3 aromatic rings. The molecule has 0 unspecified atom stereocenters. The van der Waals surface area contributed by atoms with E-state index in [0.717, 1.165) is 53.9 Å². The standard InChI is InChI=1S/C24H25FN2O2/c1-29-23-16-19(4-7-22(23)17-2-5-20(25)6-3-17)24(18-8-12-26-13-9-18)27-14-10-21(28)11-15-27/h2-9,12-13,16,21,24,28H,10-11,14-15H2,1H3/t24-/m1/s1. The summed E-state index contributed by atoms with van der Waals surface area (Å²) in [5, 5.41) is 9.93. The van der Waals surface area contributed by atoms with Crippen LogP contribution in [0.4, 0.5) is 4.39 Å². The minimum absolute atomic E-state index is 0.0571. The monoisotopic (exact) mass is 392 g/mol.